The van der Waals surface area contributed by atoms with Crippen molar-refractivity contribution in [1.29, 1.82) is 0 Å². The first-order valence-corrected chi connectivity index (χ1v) is 6.83. The van der Waals surface area contributed by atoms with Crippen molar-refractivity contribution in [2.75, 3.05) is 0 Å². The van der Waals surface area contributed by atoms with Gasteiger partial charge in [-0.05, 0) is 25.8 Å². The molecule has 21 heavy (non-hydrogen) atoms. The minimum absolute atomic E-state index is 0.162. The number of ether oxygens (including phenoxy) is 1. The second-order valence-electron chi connectivity index (χ2n) is 5.67. The van der Waals surface area contributed by atoms with Crippen molar-refractivity contribution >= 4 is 19.6 Å². The van der Waals surface area contributed by atoms with Gasteiger partial charge in [0, 0.05) is 0 Å². The van der Waals surface area contributed by atoms with E-state index in [-0.39, 0.29) is 6.42 Å². The zero-order valence-corrected chi connectivity index (χ0v) is 12.2. The van der Waals surface area contributed by atoms with Gasteiger partial charge in [0.25, 0.3) is 0 Å². The Morgan fingerprint density at radius 3 is 2.48 bits per heavy atom. The molecule has 5 nitrogen and oxygen atoms in total. The highest BCUT2D eigenvalue weighted by Gasteiger charge is 2.48. The highest BCUT2D eigenvalue weighted by atomic mass is 16.5. The van der Waals surface area contributed by atoms with Crippen LogP contribution in [0.3, 0.4) is 0 Å². The van der Waals surface area contributed by atoms with Crippen molar-refractivity contribution in [2.45, 2.75) is 44.6 Å². The molecule has 0 bridgehead atoms. The van der Waals surface area contributed by atoms with Crippen LogP contribution in [0.15, 0.2) is 30.3 Å². The Morgan fingerprint density at radius 2 is 1.95 bits per heavy atom. The standard InChI is InChI=1S/C15H18BNO4/c1-15(2)17(14(16)20)11(12(21-15)9-13(18)19)8-10-6-4-3-5-7-10/h3-7,11-12H,8-9H2,1-2H3,(H,18,19)/t11-,12+/m0/s1. The number of rotatable bonds is 4. The summed E-state index contributed by atoms with van der Waals surface area (Å²) in [5.41, 5.74) is 0.0937. The number of nitrogens with zero attached hydrogens (tertiary/aromatic N) is 1. The largest absolute Gasteiger partial charge is 0.481 e. The van der Waals surface area contributed by atoms with E-state index in [4.69, 9.17) is 17.7 Å². The van der Waals surface area contributed by atoms with E-state index in [0.29, 0.717) is 6.42 Å². The van der Waals surface area contributed by atoms with Crippen molar-refractivity contribution in [2.24, 2.45) is 0 Å². The number of aliphatic carboxylic acids is 1. The molecule has 2 rings (SSSR count). The Labute approximate surface area is 125 Å². The first-order valence-electron chi connectivity index (χ1n) is 6.83. The van der Waals surface area contributed by atoms with Crippen LogP contribution in [-0.4, -0.2) is 47.5 Å². The summed E-state index contributed by atoms with van der Waals surface area (Å²) in [6.07, 6.45) is -0.235. The van der Waals surface area contributed by atoms with Crippen LogP contribution in [0.4, 0.5) is 4.79 Å². The average molecular weight is 287 g/mol. The molecule has 1 heterocycles. The summed E-state index contributed by atoms with van der Waals surface area (Å²) in [6.45, 7) is 3.44. The van der Waals surface area contributed by atoms with Crippen LogP contribution in [-0.2, 0) is 16.0 Å². The monoisotopic (exact) mass is 287 g/mol. The van der Waals surface area contributed by atoms with Crippen LogP contribution in [0.2, 0.25) is 0 Å². The molecule has 0 spiro atoms. The Hall–Kier alpha value is -1.82. The smallest absolute Gasteiger partial charge is 0.306 e. The van der Waals surface area contributed by atoms with E-state index in [0.717, 1.165) is 5.56 Å². The summed E-state index contributed by atoms with van der Waals surface area (Å²) in [7, 11) is 5.47. The number of carbonyl (C=O) groups is 2. The number of carboxylic acids is 1. The maximum Gasteiger partial charge on any atom is 0.306 e. The zero-order valence-electron chi connectivity index (χ0n) is 12.2. The normalized spacial score (nSPS) is 24.0. The van der Waals surface area contributed by atoms with E-state index in [2.05, 4.69) is 0 Å². The molecule has 1 N–H and O–H groups in total. The van der Waals surface area contributed by atoms with Crippen LogP contribution >= 0.6 is 0 Å². The minimum atomic E-state index is -0.958. The summed E-state index contributed by atoms with van der Waals surface area (Å²) in [5, 5.41) is 9.04. The van der Waals surface area contributed by atoms with E-state index in [1.54, 1.807) is 13.8 Å². The summed E-state index contributed by atoms with van der Waals surface area (Å²) in [5.74, 6) is -1.56. The third-order valence-electron chi connectivity index (χ3n) is 3.68. The van der Waals surface area contributed by atoms with Gasteiger partial charge in [-0.2, -0.15) is 0 Å². The van der Waals surface area contributed by atoms with Crippen LogP contribution in [0.25, 0.3) is 0 Å². The molecule has 110 valence electrons. The molecule has 2 atom stereocenters. The Morgan fingerprint density at radius 1 is 1.33 bits per heavy atom. The second kappa shape index (κ2) is 5.89. The number of carbonyl (C=O) groups excluding carboxylic acids is 1. The molecule has 1 aliphatic heterocycles. The minimum Gasteiger partial charge on any atom is -0.481 e. The molecule has 0 unspecified atom stereocenters. The van der Waals surface area contributed by atoms with Gasteiger partial charge in [-0.1, -0.05) is 30.3 Å². The number of benzene rings is 1. The number of hydrogen-bond acceptors (Lipinski definition) is 3. The van der Waals surface area contributed by atoms with Gasteiger partial charge in [0.15, 0.2) is 5.81 Å². The molecule has 6 heteroatoms. The predicted molar refractivity (Wildman–Crippen MR) is 78.1 cm³/mol. The Kier molecular flexibility index (Phi) is 4.37. The fourth-order valence-electron chi connectivity index (χ4n) is 2.93. The highest BCUT2D eigenvalue weighted by Crippen LogP contribution is 2.35. The third kappa shape index (κ3) is 3.45. The van der Waals surface area contributed by atoms with Gasteiger partial charge in [-0.25, -0.2) is 0 Å². The first-order chi connectivity index (χ1) is 9.81. The second-order valence-corrected chi connectivity index (χ2v) is 5.67. The number of hydrogen-bond donors (Lipinski definition) is 1. The quantitative estimate of drug-likeness (QED) is 0.857. The van der Waals surface area contributed by atoms with Crippen molar-refractivity contribution in [1.82, 2.24) is 4.90 Å². The number of amides is 1. The maximum atomic E-state index is 11.8. The molecule has 2 radical (unpaired) electrons. The topological polar surface area (TPSA) is 66.8 Å². The zero-order chi connectivity index (χ0) is 15.6. The molecule has 0 saturated carbocycles. The van der Waals surface area contributed by atoms with E-state index in [1.165, 1.54) is 4.90 Å². The number of carboxylic acid groups (broad SMARTS) is 1. The fraction of sp³-hybridized carbons (Fsp3) is 0.467. The average Bonchev–Trinajstić information content (AvgIpc) is 2.60. The third-order valence-corrected chi connectivity index (χ3v) is 3.68. The molecule has 1 amide bonds. The lowest BCUT2D eigenvalue weighted by Gasteiger charge is -2.33. The maximum absolute atomic E-state index is 11.8. The van der Waals surface area contributed by atoms with Gasteiger partial charge in [-0.3, -0.25) is 9.59 Å². The lowest BCUT2D eigenvalue weighted by molar-refractivity contribution is -0.141. The molecular formula is C15H18BNO4. The van der Waals surface area contributed by atoms with E-state index in [9.17, 15) is 9.59 Å². The van der Waals surface area contributed by atoms with Gasteiger partial charge in [0.1, 0.15) is 5.72 Å². The van der Waals surface area contributed by atoms with Gasteiger partial charge in [0.05, 0.1) is 18.6 Å². The van der Waals surface area contributed by atoms with Crippen LogP contribution in [0.5, 0.6) is 0 Å². The van der Waals surface area contributed by atoms with E-state index in [1.807, 2.05) is 30.3 Å². The van der Waals surface area contributed by atoms with Crippen LogP contribution < -0.4 is 0 Å². The molecule has 0 aromatic heterocycles. The summed E-state index contributed by atoms with van der Waals surface area (Å²) < 4.78 is 5.76. The van der Waals surface area contributed by atoms with Crippen molar-refractivity contribution in [3.63, 3.8) is 0 Å². The van der Waals surface area contributed by atoms with Crippen LogP contribution in [0.1, 0.15) is 25.8 Å². The highest BCUT2D eigenvalue weighted by molar-refractivity contribution is 6.57. The SMILES string of the molecule is [B]C(=O)N1[C@@H](Cc2ccccc2)[C@@H](CC(=O)O)OC1(C)C. The van der Waals surface area contributed by atoms with Gasteiger partial charge >= 0.3 is 5.97 Å². The molecule has 0 aliphatic carbocycles. The van der Waals surface area contributed by atoms with Crippen LogP contribution in [0, 0.1) is 0 Å². The lowest BCUT2D eigenvalue weighted by atomic mass is 9.95. The Bertz CT molecular complexity index is 532. The molecular weight excluding hydrogens is 269 g/mol. The van der Waals surface area contributed by atoms with Gasteiger partial charge < -0.3 is 14.7 Å². The first kappa shape index (κ1) is 15.6. The lowest BCUT2D eigenvalue weighted by Crippen LogP contribution is -2.48. The summed E-state index contributed by atoms with van der Waals surface area (Å²) in [6, 6.07) is 9.17. The molecule has 1 aromatic carbocycles. The van der Waals surface area contributed by atoms with Crippen molar-refractivity contribution in [3.8, 4) is 0 Å². The summed E-state index contributed by atoms with van der Waals surface area (Å²) in [4.78, 5) is 24.2. The van der Waals surface area contributed by atoms with Crippen molar-refractivity contribution in [3.05, 3.63) is 35.9 Å². The molecule has 1 saturated heterocycles. The van der Waals surface area contributed by atoms with E-state index < -0.39 is 29.6 Å². The fourth-order valence-corrected chi connectivity index (χ4v) is 2.93. The van der Waals surface area contributed by atoms with Gasteiger partial charge in [0.2, 0.25) is 7.85 Å². The molecule has 1 aliphatic rings. The summed E-state index contributed by atoms with van der Waals surface area (Å²) >= 11 is 0. The molecule has 1 fully saturated rings. The molecule has 1 aromatic rings. The predicted octanol–water partition coefficient (Wildman–Crippen LogP) is 1.80. The van der Waals surface area contributed by atoms with Gasteiger partial charge in [-0.15, -0.1) is 0 Å². The Balaban J connectivity index is 2.29. The van der Waals surface area contributed by atoms with Crippen molar-refractivity contribution < 1.29 is 19.4 Å². The van der Waals surface area contributed by atoms with E-state index >= 15 is 0 Å².